The highest BCUT2D eigenvalue weighted by molar-refractivity contribution is 5.94. The average Bonchev–Trinajstić information content (AvgIpc) is 3.35. The fourth-order valence-corrected chi connectivity index (χ4v) is 3.88. The van der Waals surface area contributed by atoms with Crippen LogP contribution in [0.2, 0.25) is 0 Å². The van der Waals surface area contributed by atoms with E-state index in [1.807, 2.05) is 4.90 Å². The van der Waals surface area contributed by atoms with Crippen molar-refractivity contribution in [1.29, 1.82) is 0 Å². The van der Waals surface area contributed by atoms with Crippen LogP contribution in [-0.2, 0) is 9.59 Å². The van der Waals surface area contributed by atoms with Crippen LogP contribution in [0, 0.1) is 5.82 Å². The summed E-state index contributed by atoms with van der Waals surface area (Å²) in [4.78, 5) is 40.4. The van der Waals surface area contributed by atoms with Crippen LogP contribution in [0.4, 0.5) is 17.6 Å². The van der Waals surface area contributed by atoms with Crippen molar-refractivity contribution in [3.8, 4) is 0 Å². The lowest BCUT2D eigenvalue weighted by molar-refractivity contribution is -0.192. The SMILES string of the molecule is O=C(CCN(CCCN1CCCC1)C(=O)c1ccc(F)cc1)N1CCNCC1.O=C(O)C(F)(F)F. The lowest BCUT2D eigenvalue weighted by Crippen LogP contribution is -2.47. The molecule has 3 rings (SSSR count). The normalized spacial score (nSPS) is 16.4. The maximum absolute atomic E-state index is 13.2. The standard InChI is InChI=1S/C21H31FN4O2.C2HF3O2/c22-19-6-4-18(5-7-19)21(28)26(14-3-13-24-11-1-2-12-24)15-8-20(27)25-16-9-23-10-17-25;3-2(4,5)1(6)7/h4-7,23H,1-3,8-17H2;(H,6,7). The predicted molar refractivity (Wildman–Crippen MR) is 120 cm³/mol. The third-order valence-electron chi connectivity index (χ3n) is 5.79. The number of hydrogen-bond acceptors (Lipinski definition) is 5. The van der Waals surface area contributed by atoms with E-state index < -0.39 is 12.1 Å². The van der Waals surface area contributed by atoms with E-state index in [-0.39, 0.29) is 17.6 Å². The highest BCUT2D eigenvalue weighted by atomic mass is 19.4. The fourth-order valence-electron chi connectivity index (χ4n) is 3.88. The summed E-state index contributed by atoms with van der Waals surface area (Å²) in [6, 6.07) is 5.65. The number of halogens is 4. The third kappa shape index (κ3) is 10.2. The minimum absolute atomic E-state index is 0.0953. The number of carboxylic acid groups (broad SMARTS) is 1. The number of nitrogens with one attached hydrogen (secondary N) is 1. The number of likely N-dealkylation sites (tertiary alicyclic amines) is 1. The molecule has 1 aromatic carbocycles. The summed E-state index contributed by atoms with van der Waals surface area (Å²) in [6.07, 6.45) is -1.37. The van der Waals surface area contributed by atoms with Gasteiger partial charge in [-0.2, -0.15) is 13.2 Å². The van der Waals surface area contributed by atoms with E-state index in [1.165, 1.54) is 37.1 Å². The van der Waals surface area contributed by atoms with Gasteiger partial charge in [-0.1, -0.05) is 0 Å². The minimum atomic E-state index is -5.08. The maximum Gasteiger partial charge on any atom is 0.490 e. The molecule has 2 aliphatic rings. The van der Waals surface area contributed by atoms with Crippen molar-refractivity contribution in [3.63, 3.8) is 0 Å². The van der Waals surface area contributed by atoms with Crippen molar-refractivity contribution in [3.05, 3.63) is 35.6 Å². The fraction of sp³-hybridized carbons (Fsp3) is 0.609. The van der Waals surface area contributed by atoms with Gasteiger partial charge in [0.2, 0.25) is 5.91 Å². The number of hydrogen-bond donors (Lipinski definition) is 2. The van der Waals surface area contributed by atoms with Gasteiger partial charge < -0.3 is 25.1 Å². The summed E-state index contributed by atoms with van der Waals surface area (Å²) in [5.41, 5.74) is 0.470. The zero-order valence-corrected chi connectivity index (χ0v) is 19.5. The molecular formula is C23H32F4N4O4. The first-order valence-corrected chi connectivity index (χ1v) is 11.6. The van der Waals surface area contributed by atoms with E-state index in [4.69, 9.17) is 9.90 Å². The van der Waals surface area contributed by atoms with Gasteiger partial charge in [-0.25, -0.2) is 9.18 Å². The summed E-state index contributed by atoms with van der Waals surface area (Å²) in [6.45, 7) is 7.33. The zero-order chi connectivity index (χ0) is 25.8. The number of carbonyl (C=O) groups is 3. The Morgan fingerprint density at radius 3 is 2.09 bits per heavy atom. The molecule has 196 valence electrons. The molecule has 0 bridgehead atoms. The van der Waals surface area contributed by atoms with Crippen LogP contribution in [-0.4, -0.2) is 103 Å². The van der Waals surface area contributed by atoms with Crippen LogP contribution in [0.15, 0.2) is 24.3 Å². The number of rotatable bonds is 8. The molecule has 0 spiro atoms. The highest BCUT2D eigenvalue weighted by Crippen LogP contribution is 2.13. The first-order valence-electron chi connectivity index (χ1n) is 11.6. The van der Waals surface area contributed by atoms with E-state index in [0.717, 1.165) is 52.2 Å². The molecule has 8 nitrogen and oxygen atoms in total. The summed E-state index contributed by atoms with van der Waals surface area (Å²) < 4.78 is 44.9. The number of benzene rings is 1. The van der Waals surface area contributed by atoms with Gasteiger partial charge in [0.25, 0.3) is 5.91 Å². The topological polar surface area (TPSA) is 93.2 Å². The molecule has 12 heteroatoms. The van der Waals surface area contributed by atoms with Crippen molar-refractivity contribution in [1.82, 2.24) is 20.0 Å². The van der Waals surface area contributed by atoms with Gasteiger partial charge in [-0.05, 0) is 63.2 Å². The molecule has 0 aliphatic carbocycles. The Balaban J connectivity index is 0.000000540. The second kappa shape index (κ2) is 14.0. The number of carbonyl (C=O) groups excluding carboxylic acids is 2. The van der Waals surface area contributed by atoms with E-state index >= 15 is 0 Å². The summed E-state index contributed by atoms with van der Waals surface area (Å²) in [5.74, 6) is -3.15. The molecule has 2 heterocycles. The lowest BCUT2D eigenvalue weighted by Gasteiger charge is -2.29. The maximum atomic E-state index is 13.2. The second-order valence-corrected chi connectivity index (χ2v) is 8.39. The quantitative estimate of drug-likeness (QED) is 0.528. The Kier molecular flexibility index (Phi) is 11.4. The molecule has 1 aromatic rings. The number of piperazine rings is 1. The van der Waals surface area contributed by atoms with Crippen molar-refractivity contribution in [2.24, 2.45) is 0 Å². The molecule has 2 fully saturated rings. The van der Waals surface area contributed by atoms with Crippen LogP contribution in [0.1, 0.15) is 36.0 Å². The summed E-state index contributed by atoms with van der Waals surface area (Å²) >= 11 is 0. The van der Waals surface area contributed by atoms with E-state index in [2.05, 4.69) is 10.2 Å². The molecule has 0 atom stereocenters. The smallest absolute Gasteiger partial charge is 0.475 e. The van der Waals surface area contributed by atoms with Gasteiger partial charge in [0.05, 0.1) is 0 Å². The van der Waals surface area contributed by atoms with Crippen LogP contribution < -0.4 is 5.32 Å². The first-order chi connectivity index (χ1) is 16.6. The van der Waals surface area contributed by atoms with Gasteiger partial charge in [-0.3, -0.25) is 9.59 Å². The summed E-state index contributed by atoms with van der Waals surface area (Å²) in [5, 5.41) is 10.4. The Morgan fingerprint density at radius 2 is 1.54 bits per heavy atom. The van der Waals surface area contributed by atoms with Crippen LogP contribution in [0.5, 0.6) is 0 Å². The molecule has 0 unspecified atom stereocenters. The lowest BCUT2D eigenvalue weighted by atomic mass is 10.1. The van der Waals surface area contributed by atoms with E-state index in [0.29, 0.717) is 25.1 Å². The Morgan fingerprint density at radius 1 is 0.971 bits per heavy atom. The molecule has 0 saturated carbocycles. The predicted octanol–water partition coefficient (Wildman–Crippen LogP) is 2.21. The molecule has 0 radical (unpaired) electrons. The number of amides is 2. The van der Waals surface area contributed by atoms with Gasteiger partial charge in [0, 0.05) is 51.3 Å². The molecule has 2 saturated heterocycles. The zero-order valence-electron chi connectivity index (χ0n) is 19.5. The molecule has 2 N–H and O–H groups in total. The van der Waals surface area contributed by atoms with Crippen molar-refractivity contribution in [2.75, 3.05) is 58.9 Å². The Bertz CT molecular complexity index is 824. The van der Waals surface area contributed by atoms with Crippen molar-refractivity contribution in [2.45, 2.75) is 31.9 Å². The van der Waals surface area contributed by atoms with Gasteiger partial charge in [0.15, 0.2) is 0 Å². The molecule has 2 aliphatic heterocycles. The largest absolute Gasteiger partial charge is 0.490 e. The molecule has 0 aromatic heterocycles. The average molecular weight is 505 g/mol. The third-order valence-corrected chi connectivity index (χ3v) is 5.79. The van der Waals surface area contributed by atoms with Gasteiger partial charge in [0.1, 0.15) is 5.82 Å². The van der Waals surface area contributed by atoms with Gasteiger partial charge in [-0.15, -0.1) is 0 Å². The van der Waals surface area contributed by atoms with E-state index in [9.17, 15) is 27.2 Å². The number of nitrogens with zero attached hydrogens (tertiary/aromatic N) is 3. The highest BCUT2D eigenvalue weighted by Gasteiger charge is 2.38. The summed E-state index contributed by atoms with van der Waals surface area (Å²) in [7, 11) is 0. The van der Waals surface area contributed by atoms with E-state index in [1.54, 1.807) is 4.90 Å². The van der Waals surface area contributed by atoms with Crippen LogP contribution in [0.25, 0.3) is 0 Å². The molecule has 35 heavy (non-hydrogen) atoms. The first kappa shape index (κ1) is 28.5. The minimum Gasteiger partial charge on any atom is -0.475 e. The van der Waals surface area contributed by atoms with Crippen LogP contribution >= 0.6 is 0 Å². The van der Waals surface area contributed by atoms with Crippen molar-refractivity contribution >= 4 is 17.8 Å². The number of alkyl halides is 3. The monoisotopic (exact) mass is 504 g/mol. The van der Waals surface area contributed by atoms with Crippen LogP contribution in [0.3, 0.4) is 0 Å². The van der Waals surface area contributed by atoms with Gasteiger partial charge >= 0.3 is 12.1 Å². The molecule has 2 amide bonds. The second-order valence-electron chi connectivity index (χ2n) is 8.39. The van der Waals surface area contributed by atoms with Crippen molar-refractivity contribution < 1.29 is 37.1 Å². The number of carboxylic acids is 1. The number of aliphatic carboxylic acids is 1. The Labute approximate surface area is 201 Å². The molecular weight excluding hydrogens is 472 g/mol. The Hall–Kier alpha value is -2.73.